The Morgan fingerprint density at radius 2 is 1.80 bits per heavy atom. The lowest BCUT2D eigenvalue weighted by molar-refractivity contribution is -0.121. The van der Waals surface area contributed by atoms with E-state index in [0.29, 0.717) is 5.78 Å². The van der Waals surface area contributed by atoms with Gasteiger partial charge in [-0.15, -0.1) is 0 Å². The molecule has 1 aliphatic rings. The first kappa shape index (κ1) is 10.4. The Bertz CT molecular complexity index is 361. The zero-order valence-electron chi connectivity index (χ0n) is 8.99. The molecule has 1 N–H and O–H groups in total. The van der Waals surface area contributed by atoms with E-state index < -0.39 is 0 Å². The highest BCUT2D eigenvalue weighted by Gasteiger charge is 2.46. The SMILES string of the molecule is CC(=O)C1(Cc2ccc(CO)cc2)CC1. The van der Waals surface area contributed by atoms with Crippen LogP contribution in [-0.4, -0.2) is 10.9 Å². The summed E-state index contributed by atoms with van der Waals surface area (Å²) in [6, 6.07) is 7.86. The number of carbonyl (C=O) groups is 1. The molecule has 0 unspecified atom stereocenters. The first-order valence-corrected chi connectivity index (χ1v) is 5.36. The molecule has 0 amide bonds. The smallest absolute Gasteiger partial charge is 0.136 e. The first-order valence-electron chi connectivity index (χ1n) is 5.36. The van der Waals surface area contributed by atoms with Crippen molar-refractivity contribution in [2.24, 2.45) is 5.41 Å². The van der Waals surface area contributed by atoms with Crippen molar-refractivity contribution in [1.29, 1.82) is 0 Å². The average Bonchev–Trinajstić information content (AvgIpc) is 3.00. The lowest BCUT2D eigenvalue weighted by Gasteiger charge is -2.11. The molecule has 1 aliphatic carbocycles. The van der Waals surface area contributed by atoms with E-state index in [1.54, 1.807) is 6.92 Å². The maximum atomic E-state index is 11.4. The molecule has 0 spiro atoms. The lowest BCUT2D eigenvalue weighted by atomic mass is 9.92. The van der Waals surface area contributed by atoms with Crippen LogP contribution in [0.3, 0.4) is 0 Å². The summed E-state index contributed by atoms with van der Waals surface area (Å²) in [6.07, 6.45) is 2.92. The molecule has 0 radical (unpaired) electrons. The highest BCUT2D eigenvalue weighted by atomic mass is 16.3. The average molecular weight is 204 g/mol. The Morgan fingerprint density at radius 1 is 1.27 bits per heavy atom. The molecule has 0 saturated heterocycles. The molecule has 1 aromatic rings. The quantitative estimate of drug-likeness (QED) is 0.815. The molecule has 1 aromatic carbocycles. The van der Waals surface area contributed by atoms with Crippen LogP contribution >= 0.6 is 0 Å². The highest BCUT2D eigenvalue weighted by Crippen LogP contribution is 2.49. The Labute approximate surface area is 89.9 Å². The van der Waals surface area contributed by atoms with Crippen molar-refractivity contribution in [2.75, 3.05) is 0 Å². The van der Waals surface area contributed by atoms with Crippen molar-refractivity contribution < 1.29 is 9.90 Å². The summed E-state index contributed by atoms with van der Waals surface area (Å²) in [5.74, 6) is 0.314. The summed E-state index contributed by atoms with van der Waals surface area (Å²) in [7, 11) is 0. The van der Waals surface area contributed by atoms with Gasteiger partial charge in [0.2, 0.25) is 0 Å². The minimum Gasteiger partial charge on any atom is -0.392 e. The fraction of sp³-hybridized carbons (Fsp3) is 0.462. The molecule has 2 heteroatoms. The summed E-state index contributed by atoms with van der Waals surface area (Å²) in [5.41, 5.74) is 2.06. The maximum Gasteiger partial charge on any atom is 0.136 e. The van der Waals surface area contributed by atoms with Gasteiger partial charge in [-0.3, -0.25) is 4.79 Å². The zero-order chi connectivity index (χ0) is 10.9. The van der Waals surface area contributed by atoms with E-state index in [1.165, 1.54) is 5.56 Å². The van der Waals surface area contributed by atoms with Gasteiger partial charge in [0.1, 0.15) is 5.78 Å². The molecule has 80 valence electrons. The molecule has 15 heavy (non-hydrogen) atoms. The Morgan fingerprint density at radius 3 is 2.20 bits per heavy atom. The molecule has 1 saturated carbocycles. The number of ketones is 1. The largest absolute Gasteiger partial charge is 0.392 e. The van der Waals surface area contributed by atoms with Crippen molar-refractivity contribution in [3.63, 3.8) is 0 Å². The van der Waals surface area contributed by atoms with Crippen LogP contribution in [0.25, 0.3) is 0 Å². The maximum absolute atomic E-state index is 11.4. The molecule has 2 rings (SSSR count). The third-order valence-electron chi connectivity index (χ3n) is 3.35. The summed E-state index contributed by atoms with van der Waals surface area (Å²) < 4.78 is 0. The van der Waals surface area contributed by atoms with Gasteiger partial charge in [0, 0.05) is 5.41 Å². The second-order valence-electron chi connectivity index (χ2n) is 4.49. The standard InChI is InChI=1S/C13H16O2/c1-10(15)13(6-7-13)8-11-2-4-12(9-14)5-3-11/h2-5,14H,6-9H2,1H3. The van der Waals surface area contributed by atoms with Crippen LogP contribution in [0.1, 0.15) is 30.9 Å². The number of aliphatic hydroxyl groups is 1. The highest BCUT2D eigenvalue weighted by molar-refractivity contribution is 5.85. The van der Waals surface area contributed by atoms with E-state index in [-0.39, 0.29) is 12.0 Å². The topological polar surface area (TPSA) is 37.3 Å². The summed E-state index contributed by atoms with van der Waals surface area (Å²) in [4.78, 5) is 11.4. The van der Waals surface area contributed by atoms with Crippen LogP contribution < -0.4 is 0 Å². The second-order valence-corrected chi connectivity index (χ2v) is 4.49. The van der Waals surface area contributed by atoms with Crippen molar-refractivity contribution in [1.82, 2.24) is 0 Å². The van der Waals surface area contributed by atoms with E-state index in [1.807, 2.05) is 24.3 Å². The van der Waals surface area contributed by atoms with Gasteiger partial charge in [0.05, 0.1) is 6.61 Å². The van der Waals surface area contributed by atoms with E-state index in [4.69, 9.17) is 5.11 Å². The molecule has 0 heterocycles. The van der Waals surface area contributed by atoms with Crippen LogP contribution in [0, 0.1) is 5.41 Å². The van der Waals surface area contributed by atoms with Gasteiger partial charge in [0.15, 0.2) is 0 Å². The molecule has 0 atom stereocenters. The van der Waals surface area contributed by atoms with E-state index in [0.717, 1.165) is 24.8 Å². The van der Waals surface area contributed by atoms with Crippen LogP contribution in [0.4, 0.5) is 0 Å². The van der Waals surface area contributed by atoms with Gasteiger partial charge in [-0.2, -0.15) is 0 Å². The predicted octanol–water partition coefficient (Wildman–Crippen LogP) is 2.09. The third-order valence-corrected chi connectivity index (χ3v) is 3.35. The number of carbonyl (C=O) groups excluding carboxylic acids is 1. The fourth-order valence-corrected chi connectivity index (χ4v) is 1.96. The summed E-state index contributed by atoms with van der Waals surface area (Å²) in [5, 5.41) is 8.91. The van der Waals surface area contributed by atoms with Crippen molar-refractivity contribution in [3.8, 4) is 0 Å². The molecule has 0 bridgehead atoms. The van der Waals surface area contributed by atoms with Crippen LogP contribution in [0.2, 0.25) is 0 Å². The number of rotatable bonds is 4. The minimum atomic E-state index is -0.0548. The van der Waals surface area contributed by atoms with E-state index in [9.17, 15) is 4.79 Å². The second kappa shape index (κ2) is 3.78. The molecule has 0 aliphatic heterocycles. The van der Waals surface area contributed by atoms with E-state index >= 15 is 0 Å². The molecular formula is C13H16O2. The molecule has 0 aromatic heterocycles. The Balaban J connectivity index is 2.08. The van der Waals surface area contributed by atoms with Crippen molar-refractivity contribution >= 4 is 5.78 Å². The van der Waals surface area contributed by atoms with Gasteiger partial charge < -0.3 is 5.11 Å². The first-order chi connectivity index (χ1) is 7.16. The predicted molar refractivity (Wildman–Crippen MR) is 58.4 cm³/mol. The number of Topliss-reactive ketones (excluding diaryl/α,β-unsaturated/α-hetero) is 1. The van der Waals surface area contributed by atoms with Gasteiger partial charge in [-0.05, 0) is 37.3 Å². The van der Waals surface area contributed by atoms with Gasteiger partial charge >= 0.3 is 0 Å². The number of benzene rings is 1. The summed E-state index contributed by atoms with van der Waals surface area (Å²) >= 11 is 0. The summed E-state index contributed by atoms with van der Waals surface area (Å²) in [6.45, 7) is 1.77. The third kappa shape index (κ3) is 2.10. The van der Waals surface area contributed by atoms with Gasteiger partial charge in [0.25, 0.3) is 0 Å². The Hall–Kier alpha value is -1.15. The molecule has 2 nitrogen and oxygen atoms in total. The lowest BCUT2D eigenvalue weighted by Crippen LogP contribution is -2.14. The fourth-order valence-electron chi connectivity index (χ4n) is 1.96. The molecular weight excluding hydrogens is 188 g/mol. The minimum absolute atomic E-state index is 0.0548. The zero-order valence-corrected chi connectivity index (χ0v) is 8.99. The van der Waals surface area contributed by atoms with Gasteiger partial charge in [-0.1, -0.05) is 24.3 Å². The monoisotopic (exact) mass is 204 g/mol. The van der Waals surface area contributed by atoms with Crippen molar-refractivity contribution in [3.05, 3.63) is 35.4 Å². The van der Waals surface area contributed by atoms with Crippen LogP contribution in [0.5, 0.6) is 0 Å². The van der Waals surface area contributed by atoms with Crippen LogP contribution in [-0.2, 0) is 17.8 Å². The van der Waals surface area contributed by atoms with Crippen LogP contribution in [0.15, 0.2) is 24.3 Å². The number of hydrogen-bond acceptors (Lipinski definition) is 2. The molecule has 1 fully saturated rings. The Kier molecular flexibility index (Phi) is 2.61. The van der Waals surface area contributed by atoms with Crippen molar-refractivity contribution in [2.45, 2.75) is 32.8 Å². The number of aliphatic hydroxyl groups excluding tert-OH is 1. The van der Waals surface area contributed by atoms with E-state index in [2.05, 4.69) is 0 Å². The van der Waals surface area contributed by atoms with Gasteiger partial charge in [-0.25, -0.2) is 0 Å². The number of hydrogen-bond donors (Lipinski definition) is 1. The normalized spacial score (nSPS) is 17.5.